The van der Waals surface area contributed by atoms with Gasteiger partial charge >= 0.3 is 0 Å². The SMILES string of the molecule is CCNC(=O)CNCc1cccc(OCc2ccccc2)c1. The summed E-state index contributed by atoms with van der Waals surface area (Å²) in [6.07, 6.45) is 0. The van der Waals surface area contributed by atoms with Crippen molar-refractivity contribution in [2.24, 2.45) is 0 Å². The molecule has 2 aromatic rings. The molecule has 2 N–H and O–H groups in total. The Morgan fingerprint density at radius 1 is 1.05 bits per heavy atom. The highest BCUT2D eigenvalue weighted by atomic mass is 16.5. The Kier molecular flexibility index (Phi) is 6.45. The molecule has 0 aromatic heterocycles. The van der Waals surface area contributed by atoms with Crippen LogP contribution in [0, 0.1) is 0 Å². The van der Waals surface area contributed by atoms with Crippen LogP contribution in [0.5, 0.6) is 5.75 Å². The van der Waals surface area contributed by atoms with Crippen molar-refractivity contribution in [3.05, 3.63) is 65.7 Å². The first kappa shape index (κ1) is 16.0. The van der Waals surface area contributed by atoms with Crippen molar-refractivity contribution in [3.8, 4) is 5.75 Å². The second kappa shape index (κ2) is 8.85. The lowest BCUT2D eigenvalue weighted by Crippen LogP contribution is -2.33. The first-order chi connectivity index (χ1) is 10.8. The van der Waals surface area contributed by atoms with Gasteiger partial charge in [0.15, 0.2) is 0 Å². The second-order valence-electron chi connectivity index (χ2n) is 4.98. The highest BCUT2D eigenvalue weighted by Crippen LogP contribution is 2.15. The van der Waals surface area contributed by atoms with Gasteiger partial charge in [0.05, 0.1) is 6.54 Å². The molecule has 0 heterocycles. The van der Waals surface area contributed by atoms with Crippen LogP contribution in [0.2, 0.25) is 0 Å². The summed E-state index contributed by atoms with van der Waals surface area (Å²) in [5.74, 6) is 0.847. The molecule has 1 amide bonds. The fourth-order valence-corrected chi connectivity index (χ4v) is 2.07. The van der Waals surface area contributed by atoms with E-state index in [0.29, 0.717) is 26.2 Å². The first-order valence-corrected chi connectivity index (χ1v) is 7.51. The number of nitrogens with one attached hydrogen (secondary N) is 2. The zero-order chi connectivity index (χ0) is 15.6. The van der Waals surface area contributed by atoms with E-state index in [0.717, 1.165) is 16.9 Å². The summed E-state index contributed by atoms with van der Waals surface area (Å²) in [4.78, 5) is 11.4. The van der Waals surface area contributed by atoms with E-state index in [9.17, 15) is 4.79 Å². The van der Waals surface area contributed by atoms with Crippen LogP contribution in [0.25, 0.3) is 0 Å². The molecule has 4 heteroatoms. The Balaban J connectivity index is 1.81. The molecule has 0 aliphatic heterocycles. The fourth-order valence-electron chi connectivity index (χ4n) is 2.07. The summed E-state index contributed by atoms with van der Waals surface area (Å²) in [5, 5.41) is 5.88. The summed E-state index contributed by atoms with van der Waals surface area (Å²) in [6.45, 7) is 4.08. The number of hydrogen-bond acceptors (Lipinski definition) is 3. The van der Waals surface area contributed by atoms with E-state index in [1.807, 2.05) is 61.5 Å². The minimum atomic E-state index is 0.0129. The van der Waals surface area contributed by atoms with Crippen molar-refractivity contribution in [2.45, 2.75) is 20.1 Å². The molecule has 0 atom stereocenters. The van der Waals surface area contributed by atoms with Crippen molar-refractivity contribution in [1.82, 2.24) is 10.6 Å². The number of rotatable bonds is 8. The molecule has 0 unspecified atom stereocenters. The van der Waals surface area contributed by atoms with Crippen LogP contribution >= 0.6 is 0 Å². The molecule has 2 rings (SSSR count). The summed E-state index contributed by atoms with van der Waals surface area (Å²) < 4.78 is 5.79. The van der Waals surface area contributed by atoms with Crippen LogP contribution in [-0.4, -0.2) is 19.0 Å². The third-order valence-corrected chi connectivity index (χ3v) is 3.14. The van der Waals surface area contributed by atoms with Gasteiger partial charge in [0.2, 0.25) is 5.91 Å². The Bertz CT molecular complexity index is 585. The van der Waals surface area contributed by atoms with E-state index >= 15 is 0 Å². The lowest BCUT2D eigenvalue weighted by atomic mass is 10.2. The molecule has 0 spiro atoms. The second-order valence-corrected chi connectivity index (χ2v) is 4.98. The predicted molar refractivity (Wildman–Crippen MR) is 87.6 cm³/mol. The van der Waals surface area contributed by atoms with E-state index in [1.165, 1.54) is 0 Å². The van der Waals surface area contributed by atoms with Crippen molar-refractivity contribution in [1.29, 1.82) is 0 Å². The van der Waals surface area contributed by atoms with Crippen LogP contribution < -0.4 is 15.4 Å². The fraction of sp³-hybridized carbons (Fsp3) is 0.278. The maximum Gasteiger partial charge on any atom is 0.233 e. The van der Waals surface area contributed by atoms with Gasteiger partial charge in [0.25, 0.3) is 0 Å². The van der Waals surface area contributed by atoms with E-state index in [1.54, 1.807) is 0 Å². The Hall–Kier alpha value is -2.33. The Labute approximate surface area is 131 Å². The van der Waals surface area contributed by atoms with Crippen molar-refractivity contribution < 1.29 is 9.53 Å². The van der Waals surface area contributed by atoms with Crippen LogP contribution in [-0.2, 0) is 17.9 Å². The molecular weight excluding hydrogens is 276 g/mol. The highest BCUT2D eigenvalue weighted by Gasteiger charge is 2.01. The minimum Gasteiger partial charge on any atom is -0.489 e. The first-order valence-electron chi connectivity index (χ1n) is 7.51. The van der Waals surface area contributed by atoms with Crippen LogP contribution in [0.3, 0.4) is 0 Å². The summed E-state index contributed by atoms with van der Waals surface area (Å²) >= 11 is 0. The minimum absolute atomic E-state index is 0.0129. The van der Waals surface area contributed by atoms with E-state index < -0.39 is 0 Å². The molecule has 0 aliphatic carbocycles. The van der Waals surface area contributed by atoms with Crippen molar-refractivity contribution in [2.75, 3.05) is 13.1 Å². The topological polar surface area (TPSA) is 50.4 Å². The Morgan fingerprint density at radius 3 is 2.59 bits per heavy atom. The van der Waals surface area contributed by atoms with Gasteiger partial charge in [-0.3, -0.25) is 4.79 Å². The van der Waals surface area contributed by atoms with Gasteiger partial charge in [-0.25, -0.2) is 0 Å². The Morgan fingerprint density at radius 2 is 1.82 bits per heavy atom. The molecular formula is C18H22N2O2. The number of carbonyl (C=O) groups is 1. The summed E-state index contributed by atoms with van der Waals surface area (Å²) in [6, 6.07) is 18.0. The summed E-state index contributed by atoms with van der Waals surface area (Å²) in [5.41, 5.74) is 2.23. The normalized spacial score (nSPS) is 10.2. The van der Waals surface area contributed by atoms with Gasteiger partial charge in [0.1, 0.15) is 12.4 Å². The van der Waals surface area contributed by atoms with E-state index in [-0.39, 0.29) is 5.91 Å². The highest BCUT2D eigenvalue weighted by molar-refractivity contribution is 5.77. The van der Waals surface area contributed by atoms with Gasteiger partial charge in [-0.1, -0.05) is 42.5 Å². The number of ether oxygens (including phenoxy) is 1. The standard InChI is InChI=1S/C18H22N2O2/c1-2-20-18(21)13-19-12-16-9-6-10-17(11-16)22-14-15-7-4-3-5-8-15/h3-11,19H,2,12-14H2,1H3,(H,20,21). The summed E-state index contributed by atoms with van der Waals surface area (Å²) in [7, 11) is 0. The van der Waals surface area contributed by atoms with Crippen LogP contribution in [0.15, 0.2) is 54.6 Å². The number of benzene rings is 2. The zero-order valence-corrected chi connectivity index (χ0v) is 12.8. The molecule has 0 fully saturated rings. The molecule has 0 bridgehead atoms. The lowest BCUT2D eigenvalue weighted by Gasteiger charge is -2.09. The third kappa shape index (κ3) is 5.58. The maximum absolute atomic E-state index is 11.4. The van der Waals surface area contributed by atoms with Gasteiger partial charge in [-0.05, 0) is 30.2 Å². The quantitative estimate of drug-likeness (QED) is 0.787. The van der Waals surface area contributed by atoms with Gasteiger partial charge in [0, 0.05) is 13.1 Å². The van der Waals surface area contributed by atoms with Crippen molar-refractivity contribution in [3.63, 3.8) is 0 Å². The number of amides is 1. The monoisotopic (exact) mass is 298 g/mol. The molecule has 116 valence electrons. The third-order valence-electron chi connectivity index (χ3n) is 3.14. The smallest absolute Gasteiger partial charge is 0.233 e. The van der Waals surface area contributed by atoms with Crippen LogP contribution in [0.4, 0.5) is 0 Å². The number of carbonyl (C=O) groups excluding carboxylic acids is 1. The van der Waals surface area contributed by atoms with E-state index in [2.05, 4.69) is 10.6 Å². The zero-order valence-electron chi connectivity index (χ0n) is 12.8. The number of likely N-dealkylation sites (N-methyl/N-ethyl adjacent to an activating group) is 1. The average molecular weight is 298 g/mol. The maximum atomic E-state index is 11.4. The van der Waals surface area contributed by atoms with Gasteiger partial charge in [-0.2, -0.15) is 0 Å². The molecule has 0 radical (unpaired) electrons. The largest absolute Gasteiger partial charge is 0.489 e. The van der Waals surface area contributed by atoms with Gasteiger partial charge < -0.3 is 15.4 Å². The molecule has 4 nitrogen and oxygen atoms in total. The van der Waals surface area contributed by atoms with Crippen molar-refractivity contribution >= 4 is 5.91 Å². The van der Waals surface area contributed by atoms with Crippen LogP contribution in [0.1, 0.15) is 18.1 Å². The number of hydrogen-bond donors (Lipinski definition) is 2. The van der Waals surface area contributed by atoms with Gasteiger partial charge in [-0.15, -0.1) is 0 Å². The molecule has 0 aliphatic rings. The molecule has 22 heavy (non-hydrogen) atoms. The molecule has 0 saturated carbocycles. The lowest BCUT2D eigenvalue weighted by molar-refractivity contribution is -0.120. The molecule has 2 aromatic carbocycles. The van der Waals surface area contributed by atoms with E-state index in [4.69, 9.17) is 4.74 Å². The average Bonchev–Trinajstić information content (AvgIpc) is 2.55. The molecule has 0 saturated heterocycles. The predicted octanol–water partition coefficient (Wildman–Crippen LogP) is 2.49.